The third kappa shape index (κ3) is 1.25. The molecule has 1 aliphatic carbocycles. The predicted octanol–water partition coefficient (Wildman–Crippen LogP) is 0.754. The van der Waals surface area contributed by atoms with Gasteiger partial charge >= 0.3 is 0 Å². The minimum Gasteiger partial charge on any atom is -0.395 e. The van der Waals surface area contributed by atoms with Crippen LogP contribution in [0.5, 0.6) is 0 Å². The lowest BCUT2D eigenvalue weighted by atomic mass is 10.0. The maximum absolute atomic E-state index is 8.79. The summed E-state index contributed by atoms with van der Waals surface area (Å²) >= 11 is 0. The largest absolute Gasteiger partial charge is 0.395 e. The molecule has 0 radical (unpaired) electrons. The number of aryl methyl sites for hydroxylation is 1. The maximum Gasteiger partial charge on any atom is 0.0952 e. The second kappa shape index (κ2) is 3.27. The average molecular weight is 166 g/mol. The van der Waals surface area contributed by atoms with E-state index in [0.717, 1.165) is 12.8 Å². The minimum absolute atomic E-state index is 0.211. The summed E-state index contributed by atoms with van der Waals surface area (Å²) in [5.41, 5.74) is 2.59. The van der Waals surface area contributed by atoms with Gasteiger partial charge in [-0.15, -0.1) is 0 Å². The van der Waals surface area contributed by atoms with Crippen LogP contribution in [0.1, 0.15) is 24.2 Å². The number of hydrogen-bond acceptors (Lipinski definition) is 2. The number of hydrogen-bond donors (Lipinski definition) is 1. The Morgan fingerprint density at radius 2 is 2.25 bits per heavy atom. The van der Waals surface area contributed by atoms with Gasteiger partial charge in [0.25, 0.3) is 0 Å². The van der Waals surface area contributed by atoms with Crippen molar-refractivity contribution in [2.75, 3.05) is 6.61 Å². The fraction of sp³-hybridized carbons (Fsp3) is 0.667. The lowest BCUT2D eigenvalue weighted by Crippen LogP contribution is -2.09. The number of aliphatic hydroxyl groups is 1. The Morgan fingerprint density at radius 1 is 1.42 bits per heavy atom. The van der Waals surface area contributed by atoms with Gasteiger partial charge in [0.1, 0.15) is 0 Å². The molecule has 66 valence electrons. The predicted molar refractivity (Wildman–Crippen MR) is 46.0 cm³/mol. The van der Waals surface area contributed by atoms with Crippen LogP contribution in [-0.2, 0) is 19.4 Å². The van der Waals surface area contributed by atoms with Crippen molar-refractivity contribution in [1.29, 1.82) is 0 Å². The molecule has 0 saturated heterocycles. The highest BCUT2D eigenvalue weighted by molar-refractivity contribution is 5.16. The van der Waals surface area contributed by atoms with Crippen LogP contribution in [0, 0.1) is 0 Å². The molecule has 0 unspecified atom stereocenters. The topological polar surface area (TPSA) is 38.0 Å². The van der Waals surface area contributed by atoms with Crippen molar-refractivity contribution in [2.45, 2.75) is 32.2 Å². The van der Waals surface area contributed by atoms with E-state index in [2.05, 4.69) is 9.55 Å². The van der Waals surface area contributed by atoms with E-state index in [9.17, 15) is 0 Å². The van der Waals surface area contributed by atoms with E-state index in [0.29, 0.717) is 6.54 Å². The number of nitrogens with zero attached hydrogens (tertiary/aromatic N) is 2. The fourth-order valence-corrected chi connectivity index (χ4v) is 1.83. The molecular weight excluding hydrogens is 152 g/mol. The Balaban J connectivity index is 2.25. The molecule has 2 rings (SSSR count). The monoisotopic (exact) mass is 166 g/mol. The molecule has 1 aromatic rings. The van der Waals surface area contributed by atoms with Crippen molar-refractivity contribution in [2.24, 2.45) is 0 Å². The van der Waals surface area contributed by atoms with Crippen LogP contribution < -0.4 is 0 Å². The lowest BCUT2D eigenvalue weighted by Gasteiger charge is -2.12. The van der Waals surface area contributed by atoms with E-state index in [1.165, 1.54) is 24.2 Å². The van der Waals surface area contributed by atoms with E-state index in [4.69, 9.17) is 5.11 Å². The summed E-state index contributed by atoms with van der Waals surface area (Å²) in [6.07, 6.45) is 6.64. The smallest absolute Gasteiger partial charge is 0.0952 e. The first-order chi connectivity index (χ1) is 5.92. The molecule has 0 spiro atoms. The van der Waals surface area contributed by atoms with Gasteiger partial charge in [-0.05, 0) is 25.7 Å². The highest BCUT2D eigenvalue weighted by Crippen LogP contribution is 2.19. The van der Waals surface area contributed by atoms with Crippen molar-refractivity contribution >= 4 is 0 Å². The molecule has 12 heavy (non-hydrogen) atoms. The second-order valence-corrected chi connectivity index (χ2v) is 3.26. The van der Waals surface area contributed by atoms with Crippen LogP contribution in [0.4, 0.5) is 0 Å². The molecule has 0 aromatic carbocycles. The van der Waals surface area contributed by atoms with Crippen molar-refractivity contribution < 1.29 is 5.11 Å². The number of fused-ring (bicyclic) bond motifs is 1. The van der Waals surface area contributed by atoms with Crippen molar-refractivity contribution in [3.05, 3.63) is 17.7 Å². The van der Waals surface area contributed by atoms with Gasteiger partial charge in [-0.2, -0.15) is 0 Å². The Labute approximate surface area is 72.0 Å². The van der Waals surface area contributed by atoms with Gasteiger partial charge in [0.15, 0.2) is 0 Å². The van der Waals surface area contributed by atoms with Crippen molar-refractivity contribution in [3.63, 3.8) is 0 Å². The number of imidazole rings is 1. The average Bonchev–Trinajstić information content (AvgIpc) is 2.50. The zero-order chi connectivity index (χ0) is 8.39. The molecule has 0 saturated carbocycles. The molecule has 1 N–H and O–H groups in total. The van der Waals surface area contributed by atoms with Gasteiger partial charge in [-0.25, -0.2) is 4.98 Å². The normalized spacial score (nSPS) is 16.1. The third-order valence-corrected chi connectivity index (χ3v) is 2.45. The van der Waals surface area contributed by atoms with E-state index in [1.54, 1.807) is 0 Å². The standard InChI is InChI=1S/C9H14N2O/c12-6-5-11-7-10-8-3-1-2-4-9(8)11/h7,12H,1-6H2. The first-order valence-electron chi connectivity index (χ1n) is 4.55. The fourth-order valence-electron chi connectivity index (χ4n) is 1.83. The Morgan fingerprint density at radius 3 is 3.08 bits per heavy atom. The van der Waals surface area contributed by atoms with Gasteiger partial charge < -0.3 is 9.67 Å². The molecule has 3 heteroatoms. The van der Waals surface area contributed by atoms with Gasteiger partial charge in [0.2, 0.25) is 0 Å². The van der Waals surface area contributed by atoms with Gasteiger partial charge in [0.05, 0.1) is 18.6 Å². The van der Waals surface area contributed by atoms with Crippen LogP contribution in [0.25, 0.3) is 0 Å². The zero-order valence-electron chi connectivity index (χ0n) is 7.16. The van der Waals surface area contributed by atoms with Crippen LogP contribution in [0.2, 0.25) is 0 Å². The van der Waals surface area contributed by atoms with E-state index >= 15 is 0 Å². The van der Waals surface area contributed by atoms with Gasteiger partial charge in [-0.3, -0.25) is 0 Å². The second-order valence-electron chi connectivity index (χ2n) is 3.26. The van der Waals surface area contributed by atoms with Crippen LogP contribution >= 0.6 is 0 Å². The summed E-state index contributed by atoms with van der Waals surface area (Å²) in [7, 11) is 0. The molecule has 3 nitrogen and oxygen atoms in total. The molecule has 0 amide bonds. The van der Waals surface area contributed by atoms with Crippen LogP contribution in [0.15, 0.2) is 6.33 Å². The summed E-state index contributed by atoms with van der Waals surface area (Å²) in [6, 6.07) is 0. The minimum atomic E-state index is 0.211. The molecule has 1 aliphatic rings. The Hall–Kier alpha value is -0.830. The highest BCUT2D eigenvalue weighted by atomic mass is 16.3. The Bertz CT molecular complexity index is 267. The summed E-state index contributed by atoms with van der Waals surface area (Å²) in [4.78, 5) is 4.33. The molecule has 0 aliphatic heterocycles. The van der Waals surface area contributed by atoms with Gasteiger partial charge in [0, 0.05) is 12.2 Å². The molecule has 0 atom stereocenters. The molecule has 1 aromatic heterocycles. The molecule has 0 bridgehead atoms. The van der Waals surface area contributed by atoms with Crippen molar-refractivity contribution in [1.82, 2.24) is 9.55 Å². The number of rotatable bonds is 2. The third-order valence-electron chi connectivity index (χ3n) is 2.45. The first kappa shape index (κ1) is 7.80. The van der Waals surface area contributed by atoms with E-state index in [-0.39, 0.29) is 6.61 Å². The maximum atomic E-state index is 8.79. The van der Waals surface area contributed by atoms with E-state index in [1.807, 2.05) is 6.33 Å². The SMILES string of the molecule is OCCn1cnc2c1CCCC2. The lowest BCUT2D eigenvalue weighted by molar-refractivity contribution is 0.274. The van der Waals surface area contributed by atoms with Crippen LogP contribution in [0.3, 0.4) is 0 Å². The summed E-state index contributed by atoms with van der Waals surface area (Å²) in [5, 5.41) is 8.79. The Kier molecular flexibility index (Phi) is 2.13. The number of aliphatic hydroxyl groups excluding tert-OH is 1. The summed E-state index contributed by atoms with van der Waals surface area (Å²) in [6.45, 7) is 0.908. The zero-order valence-corrected chi connectivity index (χ0v) is 7.16. The first-order valence-corrected chi connectivity index (χ1v) is 4.55. The summed E-state index contributed by atoms with van der Waals surface area (Å²) in [5.74, 6) is 0. The number of aromatic nitrogens is 2. The van der Waals surface area contributed by atoms with E-state index < -0.39 is 0 Å². The molecular formula is C9H14N2O. The highest BCUT2D eigenvalue weighted by Gasteiger charge is 2.14. The molecule has 1 heterocycles. The van der Waals surface area contributed by atoms with Crippen LogP contribution in [-0.4, -0.2) is 21.3 Å². The van der Waals surface area contributed by atoms with Crippen molar-refractivity contribution in [3.8, 4) is 0 Å². The molecule has 0 fully saturated rings. The van der Waals surface area contributed by atoms with Gasteiger partial charge in [-0.1, -0.05) is 0 Å². The quantitative estimate of drug-likeness (QED) is 0.704. The summed E-state index contributed by atoms with van der Waals surface area (Å²) < 4.78 is 2.08.